The molecule has 0 fully saturated rings. The van der Waals surface area contributed by atoms with Gasteiger partial charge in [0.1, 0.15) is 6.33 Å². The van der Waals surface area contributed by atoms with Gasteiger partial charge < -0.3 is 5.32 Å². The number of anilines is 1. The molecule has 6 nitrogen and oxygen atoms in total. The molecular weight excluding hydrogens is 396 g/mol. The third-order valence-electron chi connectivity index (χ3n) is 3.90. The fourth-order valence-electron chi connectivity index (χ4n) is 2.53. The third kappa shape index (κ3) is 5.21. The van der Waals surface area contributed by atoms with Crippen molar-refractivity contribution in [1.82, 2.24) is 14.8 Å². The highest BCUT2D eigenvalue weighted by Gasteiger charge is 2.12. The largest absolute Gasteiger partial charge is 0.326 e. The molecule has 0 bridgehead atoms. The lowest BCUT2D eigenvalue weighted by Crippen LogP contribution is -2.11. The lowest BCUT2D eigenvalue weighted by Gasteiger charge is -2.07. The van der Waals surface area contributed by atoms with Crippen molar-refractivity contribution in [3.8, 4) is 5.69 Å². The zero-order chi connectivity index (χ0) is 19.9. The van der Waals surface area contributed by atoms with Crippen LogP contribution >= 0.6 is 23.4 Å². The Bertz CT molecular complexity index is 972. The number of carbonyl (C=O) groups excluding carboxylic acids is 2. The van der Waals surface area contributed by atoms with Crippen molar-refractivity contribution in [3.63, 3.8) is 0 Å². The van der Waals surface area contributed by atoms with Crippen LogP contribution in [0.15, 0.2) is 60.0 Å². The van der Waals surface area contributed by atoms with Crippen LogP contribution < -0.4 is 5.32 Å². The van der Waals surface area contributed by atoms with Crippen LogP contribution in [0.2, 0.25) is 5.02 Å². The molecular formula is C20H19ClN4O2S. The van der Waals surface area contributed by atoms with Crippen molar-refractivity contribution in [3.05, 3.63) is 65.4 Å². The number of aromatic nitrogens is 3. The van der Waals surface area contributed by atoms with Crippen LogP contribution in [0.4, 0.5) is 5.69 Å². The molecule has 1 N–H and O–H groups in total. The van der Waals surface area contributed by atoms with Gasteiger partial charge in [-0.2, -0.15) is 0 Å². The molecule has 0 radical (unpaired) electrons. The maximum absolute atomic E-state index is 12.5. The van der Waals surface area contributed by atoms with Crippen molar-refractivity contribution in [2.45, 2.75) is 24.9 Å². The zero-order valence-corrected chi connectivity index (χ0v) is 16.8. The van der Waals surface area contributed by atoms with E-state index in [2.05, 4.69) is 15.5 Å². The predicted octanol–water partition coefficient (Wildman–Crippen LogP) is 4.63. The molecule has 0 unspecified atom stereocenters. The van der Waals surface area contributed by atoms with E-state index in [0.29, 0.717) is 27.9 Å². The summed E-state index contributed by atoms with van der Waals surface area (Å²) in [5.74, 6) is 0.162. The standard InChI is InChI=1S/C20H19ClN4O2S/c1-2-4-19(27)23-16-9-7-14(8-10-16)18(26)12-28-20-24-22-13-25(20)17-6-3-5-15(21)11-17/h3,5-11,13H,2,4,12H2,1H3,(H,23,27). The van der Waals surface area contributed by atoms with Crippen LogP contribution in [-0.2, 0) is 4.79 Å². The second-order valence-electron chi connectivity index (χ2n) is 6.05. The van der Waals surface area contributed by atoms with Crippen LogP contribution in [0.1, 0.15) is 30.1 Å². The number of nitrogens with zero attached hydrogens (tertiary/aromatic N) is 3. The van der Waals surface area contributed by atoms with Crippen LogP contribution in [0.25, 0.3) is 5.69 Å². The highest BCUT2D eigenvalue weighted by Crippen LogP contribution is 2.22. The monoisotopic (exact) mass is 414 g/mol. The predicted molar refractivity (Wildman–Crippen MR) is 111 cm³/mol. The van der Waals surface area contributed by atoms with Gasteiger partial charge in [-0.15, -0.1) is 10.2 Å². The summed E-state index contributed by atoms with van der Waals surface area (Å²) in [6.07, 6.45) is 2.86. The molecule has 0 atom stereocenters. The van der Waals surface area contributed by atoms with Gasteiger partial charge in [0, 0.05) is 22.7 Å². The number of hydrogen-bond acceptors (Lipinski definition) is 5. The highest BCUT2D eigenvalue weighted by molar-refractivity contribution is 7.99. The number of amides is 1. The first-order chi connectivity index (χ1) is 13.6. The number of halogens is 1. The van der Waals surface area contributed by atoms with E-state index in [1.54, 1.807) is 41.2 Å². The summed E-state index contributed by atoms with van der Waals surface area (Å²) < 4.78 is 1.79. The van der Waals surface area contributed by atoms with Crippen LogP contribution in [-0.4, -0.2) is 32.2 Å². The number of carbonyl (C=O) groups is 2. The van der Waals surface area contributed by atoms with E-state index in [0.717, 1.165) is 12.1 Å². The third-order valence-corrected chi connectivity index (χ3v) is 5.08. The molecule has 0 spiro atoms. The summed E-state index contributed by atoms with van der Waals surface area (Å²) in [5.41, 5.74) is 2.10. The Balaban J connectivity index is 1.62. The van der Waals surface area contributed by atoms with Crippen molar-refractivity contribution in [2.75, 3.05) is 11.1 Å². The fourth-order valence-corrected chi connectivity index (χ4v) is 3.54. The molecule has 0 saturated carbocycles. The molecule has 3 rings (SSSR count). The second-order valence-corrected chi connectivity index (χ2v) is 7.43. The molecule has 1 amide bonds. The molecule has 0 aliphatic heterocycles. The van der Waals surface area contributed by atoms with E-state index in [9.17, 15) is 9.59 Å². The lowest BCUT2D eigenvalue weighted by atomic mass is 10.1. The minimum absolute atomic E-state index is 0.0301. The van der Waals surface area contributed by atoms with E-state index in [1.807, 2.05) is 25.1 Å². The Labute approximate surface area is 172 Å². The number of rotatable bonds is 8. The van der Waals surface area contributed by atoms with Crippen molar-refractivity contribution in [2.24, 2.45) is 0 Å². The van der Waals surface area contributed by atoms with Gasteiger partial charge in [0.25, 0.3) is 0 Å². The number of nitrogens with one attached hydrogen (secondary N) is 1. The first kappa shape index (κ1) is 20.1. The molecule has 1 heterocycles. The molecule has 8 heteroatoms. The van der Waals surface area contributed by atoms with Gasteiger partial charge in [0.05, 0.1) is 11.4 Å². The SMILES string of the molecule is CCCC(=O)Nc1ccc(C(=O)CSc2nncn2-c2cccc(Cl)c2)cc1. The molecule has 144 valence electrons. The van der Waals surface area contributed by atoms with Gasteiger partial charge in [-0.3, -0.25) is 14.2 Å². The maximum Gasteiger partial charge on any atom is 0.224 e. The molecule has 2 aromatic carbocycles. The number of benzene rings is 2. The zero-order valence-electron chi connectivity index (χ0n) is 15.3. The quantitative estimate of drug-likeness (QED) is 0.429. The Kier molecular flexibility index (Phi) is 6.84. The van der Waals surface area contributed by atoms with Crippen LogP contribution in [0.5, 0.6) is 0 Å². The van der Waals surface area contributed by atoms with E-state index >= 15 is 0 Å². The van der Waals surface area contributed by atoms with Crippen molar-refractivity contribution < 1.29 is 9.59 Å². The average molecular weight is 415 g/mol. The van der Waals surface area contributed by atoms with Gasteiger partial charge in [0.15, 0.2) is 10.9 Å². The number of thioether (sulfide) groups is 1. The van der Waals surface area contributed by atoms with Gasteiger partial charge in [-0.25, -0.2) is 0 Å². The molecule has 1 aromatic heterocycles. The Morgan fingerprint density at radius 2 is 1.96 bits per heavy atom. The topological polar surface area (TPSA) is 76.9 Å². The number of Topliss-reactive ketones (excluding diaryl/α,β-unsaturated/α-hetero) is 1. The highest BCUT2D eigenvalue weighted by atomic mass is 35.5. The Hall–Kier alpha value is -2.64. The molecule has 0 aliphatic carbocycles. The van der Waals surface area contributed by atoms with Crippen molar-refractivity contribution >= 4 is 40.7 Å². The average Bonchev–Trinajstić information content (AvgIpc) is 3.15. The van der Waals surface area contributed by atoms with Crippen LogP contribution in [0.3, 0.4) is 0 Å². The smallest absolute Gasteiger partial charge is 0.224 e. The molecule has 3 aromatic rings. The Morgan fingerprint density at radius 1 is 1.18 bits per heavy atom. The summed E-state index contributed by atoms with van der Waals surface area (Å²) in [6, 6.07) is 14.2. The van der Waals surface area contributed by atoms with Crippen LogP contribution in [0, 0.1) is 0 Å². The van der Waals surface area contributed by atoms with E-state index in [-0.39, 0.29) is 17.4 Å². The van der Waals surface area contributed by atoms with Gasteiger partial charge in [-0.05, 0) is 48.9 Å². The van der Waals surface area contributed by atoms with E-state index in [4.69, 9.17) is 11.6 Å². The fraction of sp³-hybridized carbons (Fsp3) is 0.200. The first-order valence-electron chi connectivity index (χ1n) is 8.78. The minimum Gasteiger partial charge on any atom is -0.326 e. The summed E-state index contributed by atoms with van der Waals surface area (Å²) in [6.45, 7) is 1.95. The lowest BCUT2D eigenvalue weighted by molar-refractivity contribution is -0.116. The van der Waals surface area contributed by atoms with Crippen molar-refractivity contribution in [1.29, 1.82) is 0 Å². The normalized spacial score (nSPS) is 10.6. The maximum atomic E-state index is 12.5. The number of hydrogen-bond donors (Lipinski definition) is 1. The second kappa shape index (κ2) is 9.52. The molecule has 28 heavy (non-hydrogen) atoms. The summed E-state index contributed by atoms with van der Waals surface area (Å²) in [7, 11) is 0. The molecule has 0 aliphatic rings. The van der Waals surface area contributed by atoms with Gasteiger partial charge >= 0.3 is 0 Å². The minimum atomic E-state index is -0.0305. The summed E-state index contributed by atoms with van der Waals surface area (Å²) in [5, 5.41) is 12.0. The van der Waals surface area contributed by atoms with E-state index < -0.39 is 0 Å². The van der Waals surface area contributed by atoms with Gasteiger partial charge in [0.2, 0.25) is 5.91 Å². The first-order valence-corrected chi connectivity index (χ1v) is 10.1. The molecule has 0 saturated heterocycles. The summed E-state index contributed by atoms with van der Waals surface area (Å²) in [4.78, 5) is 24.1. The van der Waals surface area contributed by atoms with Gasteiger partial charge in [-0.1, -0.05) is 36.4 Å². The Morgan fingerprint density at radius 3 is 2.68 bits per heavy atom. The summed E-state index contributed by atoms with van der Waals surface area (Å²) >= 11 is 7.35. The number of ketones is 1. The van der Waals surface area contributed by atoms with E-state index in [1.165, 1.54) is 11.8 Å².